The van der Waals surface area contributed by atoms with E-state index in [4.69, 9.17) is 10.1 Å². The van der Waals surface area contributed by atoms with Crippen LogP contribution in [0.15, 0.2) is 53.6 Å². The van der Waals surface area contributed by atoms with Gasteiger partial charge in [-0.3, -0.25) is 10.0 Å². The third-order valence-corrected chi connectivity index (χ3v) is 7.46. The van der Waals surface area contributed by atoms with Crippen molar-refractivity contribution in [3.05, 3.63) is 65.0 Å². The fourth-order valence-electron chi connectivity index (χ4n) is 5.19. The summed E-state index contributed by atoms with van der Waals surface area (Å²) in [4.78, 5) is 13.1. The molecular formula is C27H35N4O3+. The molecular weight excluding hydrogens is 428 g/mol. The van der Waals surface area contributed by atoms with E-state index in [9.17, 15) is 10.0 Å². The Labute approximate surface area is 201 Å². The number of nitrogens with one attached hydrogen (secondary N) is 3. The van der Waals surface area contributed by atoms with E-state index in [-0.39, 0.29) is 5.69 Å². The highest BCUT2D eigenvalue weighted by atomic mass is 16.5. The highest BCUT2D eigenvalue weighted by Crippen LogP contribution is 2.44. The molecule has 0 aliphatic heterocycles. The smallest absolute Gasteiger partial charge is 0.325 e. The van der Waals surface area contributed by atoms with Gasteiger partial charge in [0.05, 0.1) is 18.0 Å². The number of ether oxygens (including phenoxy) is 1. The molecule has 0 radical (unpaired) electrons. The molecule has 180 valence electrons. The van der Waals surface area contributed by atoms with Gasteiger partial charge in [0.25, 0.3) is 0 Å². The number of carbonyl (C=O) groups excluding carboxylic acids is 1. The number of amides is 1. The van der Waals surface area contributed by atoms with E-state index in [0.717, 1.165) is 35.1 Å². The summed E-state index contributed by atoms with van der Waals surface area (Å²) in [5.41, 5.74) is 2.47. The first-order chi connectivity index (χ1) is 16.5. The lowest BCUT2D eigenvalue weighted by atomic mass is 9.83. The number of allylic oxidation sites excluding steroid dienone is 3. The largest absolute Gasteiger partial charge is 0.492 e. The Hall–Kier alpha value is -3.09. The third kappa shape index (κ3) is 5.03. The molecule has 0 saturated heterocycles. The van der Waals surface area contributed by atoms with Crippen molar-refractivity contribution < 1.29 is 19.5 Å². The second-order valence-electron chi connectivity index (χ2n) is 10.0. The Balaban J connectivity index is 1.29. The number of pyridine rings is 1. The van der Waals surface area contributed by atoms with Gasteiger partial charge in [-0.05, 0) is 82.3 Å². The molecule has 4 N–H and O–H groups in total. The van der Waals surface area contributed by atoms with Crippen LogP contribution in [0.5, 0.6) is 0 Å². The van der Waals surface area contributed by atoms with Crippen LogP contribution in [0.4, 0.5) is 0 Å². The molecule has 4 aliphatic rings. The average molecular weight is 464 g/mol. The summed E-state index contributed by atoms with van der Waals surface area (Å²) >= 11 is 0. The maximum absolute atomic E-state index is 13.1. The van der Waals surface area contributed by atoms with Gasteiger partial charge in [-0.25, -0.2) is 0 Å². The zero-order valence-corrected chi connectivity index (χ0v) is 19.8. The number of rotatable bonds is 8. The van der Waals surface area contributed by atoms with E-state index in [0.29, 0.717) is 41.3 Å². The Bertz CT molecular complexity index is 1060. The molecule has 7 heteroatoms. The molecule has 1 aromatic rings. The second kappa shape index (κ2) is 9.65. The normalized spacial score (nSPS) is 26.0. The van der Waals surface area contributed by atoms with Crippen molar-refractivity contribution in [2.24, 2.45) is 11.8 Å². The highest BCUT2D eigenvalue weighted by Gasteiger charge is 2.36. The lowest BCUT2D eigenvalue weighted by Crippen LogP contribution is -2.45. The maximum atomic E-state index is 13.1. The molecule has 5 rings (SSSR count). The van der Waals surface area contributed by atoms with Crippen LogP contribution >= 0.6 is 0 Å². The van der Waals surface area contributed by atoms with E-state index in [1.165, 1.54) is 38.5 Å². The zero-order chi connectivity index (χ0) is 23.7. The fourth-order valence-corrected chi connectivity index (χ4v) is 5.19. The summed E-state index contributed by atoms with van der Waals surface area (Å²) in [6, 6.07) is 5.68. The lowest BCUT2D eigenvalue weighted by Gasteiger charge is -2.29. The summed E-state index contributed by atoms with van der Waals surface area (Å²) in [5, 5.41) is 25.4. The quantitative estimate of drug-likeness (QED) is 0.345. The van der Waals surface area contributed by atoms with Crippen LogP contribution in [0.1, 0.15) is 80.4 Å². The van der Waals surface area contributed by atoms with E-state index >= 15 is 0 Å². The summed E-state index contributed by atoms with van der Waals surface area (Å²) in [7, 11) is 0. The first-order valence-corrected chi connectivity index (χ1v) is 12.7. The van der Waals surface area contributed by atoms with Gasteiger partial charge in [-0.2, -0.15) is 0 Å². The van der Waals surface area contributed by atoms with Crippen LogP contribution in [0.25, 0.3) is 0 Å². The SMILES string of the molecule is CCOC1=CC(=N)/C(=C\N[C@H]2CC[C@H](C3CC3)CC2)C=C1NC(=O)c1cccc(C2CC2)[n+]1O. The number of nitrogens with zero attached hydrogens (tertiary/aromatic N) is 1. The summed E-state index contributed by atoms with van der Waals surface area (Å²) in [6.07, 6.45) is 15.1. The van der Waals surface area contributed by atoms with Crippen molar-refractivity contribution in [2.75, 3.05) is 6.61 Å². The van der Waals surface area contributed by atoms with Crippen LogP contribution in [-0.4, -0.2) is 29.5 Å². The van der Waals surface area contributed by atoms with E-state index in [2.05, 4.69) is 10.6 Å². The first-order valence-electron chi connectivity index (χ1n) is 12.7. The predicted octanol–water partition coefficient (Wildman–Crippen LogP) is 4.10. The molecule has 34 heavy (non-hydrogen) atoms. The van der Waals surface area contributed by atoms with Crippen LogP contribution < -0.4 is 15.4 Å². The molecule has 0 atom stereocenters. The summed E-state index contributed by atoms with van der Waals surface area (Å²) in [6.45, 7) is 2.29. The highest BCUT2D eigenvalue weighted by molar-refractivity contribution is 6.10. The Morgan fingerprint density at radius 1 is 1.12 bits per heavy atom. The monoisotopic (exact) mass is 463 g/mol. The third-order valence-electron chi connectivity index (χ3n) is 7.46. The van der Waals surface area contributed by atoms with Gasteiger partial charge in [0.2, 0.25) is 5.69 Å². The molecule has 3 saturated carbocycles. The van der Waals surface area contributed by atoms with E-state index < -0.39 is 5.91 Å². The van der Waals surface area contributed by atoms with Gasteiger partial charge < -0.3 is 20.8 Å². The maximum Gasteiger partial charge on any atom is 0.325 e. The van der Waals surface area contributed by atoms with E-state index in [1.54, 1.807) is 24.3 Å². The van der Waals surface area contributed by atoms with Gasteiger partial charge in [-0.15, -0.1) is 0 Å². The molecule has 1 amide bonds. The first kappa shape index (κ1) is 22.7. The van der Waals surface area contributed by atoms with Crippen molar-refractivity contribution in [1.29, 1.82) is 5.41 Å². The Morgan fingerprint density at radius 2 is 1.82 bits per heavy atom. The Morgan fingerprint density at radius 3 is 2.47 bits per heavy atom. The number of hydrogen-bond acceptors (Lipinski definition) is 5. The minimum absolute atomic E-state index is 0.179. The van der Waals surface area contributed by atoms with Crippen molar-refractivity contribution in [3.8, 4) is 0 Å². The summed E-state index contributed by atoms with van der Waals surface area (Å²) < 4.78 is 6.71. The van der Waals surface area contributed by atoms with Crippen LogP contribution in [0.2, 0.25) is 0 Å². The molecule has 4 aliphatic carbocycles. The minimum Gasteiger partial charge on any atom is -0.492 e. The van der Waals surface area contributed by atoms with Gasteiger partial charge in [0, 0.05) is 46.7 Å². The Kier molecular flexibility index (Phi) is 6.44. The molecule has 0 bridgehead atoms. The molecule has 0 aromatic carbocycles. The summed E-state index contributed by atoms with van der Waals surface area (Å²) in [5.74, 6) is 2.23. The van der Waals surface area contributed by atoms with E-state index in [1.807, 2.05) is 19.2 Å². The molecule has 0 unspecified atom stereocenters. The topological polar surface area (TPSA) is 98.3 Å². The number of hydrogen-bond donors (Lipinski definition) is 4. The van der Waals surface area contributed by atoms with Gasteiger partial charge >= 0.3 is 11.6 Å². The molecule has 1 heterocycles. The standard InChI is InChI=1S/C27H34N4O3/c1-2-34-26-15-22(28)20(16-29-21-12-10-18(11-13-21)17-6-7-17)14-23(26)30-27(32)25-5-3-4-24(31(25)33)19-8-9-19/h3-5,14-19,21,28,32-33H,2,6-13H2,1H3/p+1/t18-,21-. The number of carbonyl (C=O) groups is 1. The predicted molar refractivity (Wildman–Crippen MR) is 128 cm³/mol. The fraction of sp³-hybridized carbons (Fsp3) is 0.519. The molecule has 3 fully saturated rings. The van der Waals surface area contributed by atoms with Crippen LogP contribution in [0.3, 0.4) is 0 Å². The van der Waals surface area contributed by atoms with Crippen molar-refractivity contribution in [2.45, 2.75) is 70.3 Å². The number of aromatic nitrogens is 1. The lowest BCUT2D eigenvalue weighted by molar-refractivity contribution is -0.910. The average Bonchev–Trinajstić information content (AvgIpc) is 3.74. The molecule has 1 aromatic heterocycles. The van der Waals surface area contributed by atoms with Gasteiger partial charge in [0.15, 0.2) is 0 Å². The van der Waals surface area contributed by atoms with Gasteiger partial charge in [0.1, 0.15) is 5.76 Å². The van der Waals surface area contributed by atoms with Crippen molar-refractivity contribution in [3.63, 3.8) is 0 Å². The van der Waals surface area contributed by atoms with Crippen molar-refractivity contribution in [1.82, 2.24) is 10.6 Å². The zero-order valence-electron chi connectivity index (χ0n) is 19.8. The van der Waals surface area contributed by atoms with Gasteiger partial charge in [-0.1, -0.05) is 0 Å². The minimum atomic E-state index is -0.416. The molecule has 0 spiro atoms. The van der Waals surface area contributed by atoms with Crippen LogP contribution in [0, 0.1) is 17.2 Å². The van der Waals surface area contributed by atoms with Crippen molar-refractivity contribution >= 4 is 11.6 Å². The second-order valence-corrected chi connectivity index (χ2v) is 10.0. The van der Waals surface area contributed by atoms with Crippen LogP contribution in [-0.2, 0) is 4.74 Å². The molecule has 7 nitrogen and oxygen atoms in total.